The van der Waals surface area contributed by atoms with Crippen LogP contribution in [0.1, 0.15) is 34.5 Å². The summed E-state index contributed by atoms with van der Waals surface area (Å²) in [7, 11) is 6.17. The van der Waals surface area contributed by atoms with Gasteiger partial charge in [0.05, 0.1) is 12.0 Å². The van der Waals surface area contributed by atoms with Crippen LogP contribution >= 0.6 is 0 Å². The van der Waals surface area contributed by atoms with Gasteiger partial charge >= 0.3 is 0 Å². The van der Waals surface area contributed by atoms with Gasteiger partial charge in [-0.3, -0.25) is 4.79 Å². The van der Waals surface area contributed by atoms with Crippen LogP contribution in [0.2, 0.25) is 0 Å². The second-order valence-electron chi connectivity index (χ2n) is 8.28. The maximum atomic E-state index is 12.5. The Morgan fingerprint density at radius 3 is 2.63 bits per heavy atom. The molecule has 6 nitrogen and oxygen atoms in total. The number of hydrogen-bond acceptors (Lipinski definition) is 4. The van der Waals surface area contributed by atoms with Crippen molar-refractivity contribution in [3.8, 4) is 0 Å². The van der Waals surface area contributed by atoms with E-state index in [1.807, 2.05) is 43.8 Å². The molecule has 5 rings (SSSR count). The number of benzene rings is 2. The van der Waals surface area contributed by atoms with Gasteiger partial charge in [-0.1, -0.05) is 30.3 Å². The largest absolute Gasteiger partial charge is 0.377 e. The van der Waals surface area contributed by atoms with Gasteiger partial charge in [0, 0.05) is 48.6 Å². The summed E-state index contributed by atoms with van der Waals surface area (Å²) >= 11 is 0. The highest BCUT2D eigenvalue weighted by Crippen LogP contribution is 2.46. The van der Waals surface area contributed by atoms with Gasteiger partial charge in [-0.05, 0) is 42.9 Å². The first-order valence-corrected chi connectivity index (χ1v) is 10.1. The van der Waals surface area contributed by atoms with Crippen LogP contribution in [0.15, 0.2) is 65.8 Å². The van der Waals surface area contributed by atoms with Crippen molar-refractivity contribution in [3.05, 3.63) is 93.9 Å². The molecule has 2 unspecified atom stereocenters. The summed E-state index contributed by atoms with van der Waals surface area (Å²) in [4.78, 5) is 22.2. The highest BCUT2D eigenvalue weighted by Gasteiger charge is 2.35. The molecule has 6 heteroatoms. The Balaban J connectivity index is 1.69. The quantitative estimate of drug-likeness (QED) is 0.550. The number of aryl methyl sites for hydroxylation is 1. The van der Waals surface area contributed by atoms with Crippen molar-refractivity contribution >= 4 is 16.5 Å². The van der Waals surface area contributed by atoms with Crippen LogP contribution in [-0.4, -0.2) is 33.5 Å². The van der Waals surface area contributed by atoms with Crippen LogP contribution in [0, 0.1) is 0 Å². The van der Waals surface area contributed by atoms with E-state index < -0.39 is 0 Å². The first-order valence-electron chi connectivity index (χ1n) is 10.1. The number of anilines is 1. The Bertz CT molecular complexity index is 1270. The first kappa shape index (κ1) is 18.6. The second kappa shape index (κ2) is 7.15. The number of H-pyrrole nitrogens is 1. The number of aromatic nitrogens is 3. The molecule has 0 saturated heterocycles. The van der Waals surface area contributed by atoms with Gasteiger partial charge in [0.2, 0.25) is 0 Å². The molecule has 0 fully saturated rings. The molecule has 1 aliphatic rings. The Hall–Kier alpha value is -3.38. The Morgan fingerprint density at radius 2 is 1.93 bits per heavy atom. The van der Waals surface area contributed by atoms with Crippen LogP contribution in [0.25, 0.3) is 10.8 Å². The molecule has 0 radical (unpaired) electrons. The smallest absolute Gasteiger partial charge is 0.255 e. The monoisotopic (exact) mass is 399 g/mol. The van der Waals surface area contributed by atoms with E-state index in [-0.39, 0.29) is 17.5 Å². The molecule has 1 aliphatic heterocycles. The van der Waals surface area contributed by atoms with Gasteiger partial charge in [-0.25, -0.2) is 4.98 Å². The molecule has 0 bridgehead atoms. The molecule has 0 saturated carbocycles. The molecule has 2 atom stereocenters. The molecule has 152 valence electrons. The SMILES string of the molecule is CN(C)Cc1ccc(C2Nc3cccc4c(=O)[nH]cc(c34)C2c2nccn2C)cc1. The van der Waals surface area contributed by atoms with E-state index in [4.69, 9.17) is 0 Å². The fraction of sp³-hybridized carbons (Fsp3) is 0.250. The van der Waals surface area contributed by atoms with E-state index in [2.05, 4.69) is 63.1 Å². The average Bonchev–Trinajstić information content (AvgIpc) is 3.16. The highest BCUT2D eigenvalue weighted by atomic mass is 16.1. The predicted molar refractivity (Wildman–Crippen MR) is 120 cm³/mol. The number of rotatable bonds is 4. The van der Waals surface area contributed by atoms with Gasteiger partial charge in [0.25, 0.3) is 5.56 Å². The molecule has 0 amide bonds. The van der Waals surface area contributed by atoms with Crippen molar-refractivity contribution in [2.75, 3.05) is 19.4 Å². The van der Waals surface area contributed by atoms with E-state index in [0.717, 1.165) is 29.0 Å². The lowest BCUT2D eigenvalue weighted by Crippen LogP contribution is -2.28. The molecular weight excluding hydrogens is 374 g/mol. The topological polar surface area (TPSA) is 66.0 Å². The molecule has 0 spiro atoms. The fourth-order valence-electron chi connectivity index (χ4n) is 4.58. The minimum Gasteiger partial charge on any atom is -0.377 e. The lowest BCUT2D eigenvalue weighted by Gasteiger charge is -2.35. The summed E-state index contributed by atoms with van der Waals surface area (Å²) in [6.07, 6.45) is 5.66. The van der Waals surface area contributed by atoms with Crippen molar-refractivity contribution < 1.29 is 0 Å². The summed E-state index contributed by atoms with van der Waals surface area (Å²) < 4.78 is 2.06. The average molecular weight is 399 g/mol. The lowest BCUT2D eigenvalue weighted by molar-refractivity contribution is 0.402. The lowest BCUT2D eigenvalue weighted by atomic mass is 9.81. The normalized spacial score (nSPS) is 18.0. The van der Waals surface area contributed by atoms with Crippen LogP contribution in [0.3, 0.4) is 0 Å². The maximum absolute atomic E-state index is 12.5. The third-order valence-electron chi connectivity index (χ3n) is 5.91. The van der Waals surface area contributed by atoms with E-state index in [9.17, 15) is 4.79 Å². The van der Waals surface area contributed by atoms with Crippen LogP contribution in [0.5, 0.6) is 0 Å². The molecule has 4 aromatic rings. The minimum atomic E-state index is -0.0671. The van der Waals surface area contributed by atoms with Crippen LogP contribution < -0.4 is 10.9 Å². The molecule has 0 aliphatic carbocycles. The third kappa shape index (κ3) is 3.00. The van der Waals surface area contributed by atoms with Gasteiger partial charge < -0.3 is 19.8 Å². The predicted octanol–water partition coefficient (Wildman–Crippen LogP) is 3.62. The molecular formula is C24H25N5O. The number of hydrogen-bond donors (Lipinski definition) is 2. The molecule has 3 heterocycles. The second-order valence-corrected chi connectivity index (χ2v) is 8.28. The third-order valence-corrected chi connectivity index (χ3v) is 5.91. The number of imidazole rings is 1. The zero-order valence-corrected chi connectivity index (χ0v) is 17.4. The van der Waals surface area contributed by atoms with E-state index in [1.165, 1.54) is 11.1 Å². The van der Waals surface area contributed by atoms with Gasteiger partial charge in [-0.2, -0.15) is 0 Å². The fourth-order valence-corrected chi connectivity index (χ4v) is 4.58. The highest BCUT2D eigenvalue weighted by molar-refractivity contribution is 5.98. The van der Waals surface area contributed by atoms with Gasteiger partial charge in [-0.15, -0.1) is 0 Å². The van der Waals surface area contributed by atoms with Gasteiger partial charge in [0.15, 0.2) is 0 Å². The van der Waals surface area contributed by atoms with Crippen molar-refractivity contribution in [3.63, 3.8) is 0 Å². The summed E-state index contributed by atoms with van der Waals surface area (Å²) in [5.74, 6) is 0.937. The molecule has 30 heavy (non-hydrogen) atoms. The number of nitrogens with one attached hydrogen (secondary N) is 2. The Labute approximate surface area is 175 Å². The first-order chi connectivity index (χ1) is 14.5. The van der Waals surface area contributed by atoms with Crippen molar-refractivity contribution in [1.29, 1.82) is 0 Å². The zero-order chi connectivity index (χ0) is 20.8. The van der Waals surface area contributed by atoms with E-state index in [1.54, 1.807) is 0 Å². The Morgan fingerprint density at radius 1 is 1.13 bits per heavy atom. The van der Waals surface area contributed by atoms with Crippen molar-refractivity contribution in [2.45, 2.75) is 18.5 Å². The van der Waals surface area contributed by atoms with Crippen LogP contribution in [0.4, 0.5) is 5.69 Å². The van der Waals surface area contributed by atoms with Crippen molar-refractivity contribution in [1.82, 2.24) is 19.4 Å². The molecule has 2 N–H and O–H groups in total. The number of aromatic amines is 1. The van der Waals surface area contributed by atoms with E-state index in [0.29, 0.717) is 5.39 Å². The summed E-state index contributed by atoms with van der Waals surface area (Å²) in [6, 6.07) is 14.6. The molecule has 2 aromatic heterocycles. The standard InChI is InChI=1S/C24H25N5O/c1-28(2)14-15-7-9-16(10-8-15)22-21(23-25-11-12-29(23)3)18-13-26-24(30)17-5-4-6-19(27-22)20(17)18/h4-13,21-22,27H,14H2,1-3H3,(H,26,30). The minimum absolute atomic E-state index is 0.00325. The Kier molecular flexibility index (Phi) is 4.44. The van der Waals surface area contributed by atoms with Crippen molar-refractivity contribution in [2.24, 2.45) is 7.05 Å². The van der Waals surface area contributed by atoms with Crippen LogP contribution in [-0.2, 0) is 13.6 Å². The molecule has 2 aromatic carbocycles. The summed E-state index contributed by atoms with van der Waals surface area (Å²) in [6.45, 7) is 0.907. The number of nitrogens with zero attached hydrogens (tertiary/aromatic N) is 3. The summed E-state index contributed by atoms with van der Waals surface area (Å²) in [5, 5.41) is 5.40. The number of pyridine rings is 1. The maximum Gasteiger partial charge on any atom is 0.255 e. The van der Waals surface area contributed by atoms with Gasteiger partial charge in [0.1, 0.15) is 5.82 Å². The van der Waals surface area contributed by atoms with E-state index >= 15 is 0 Å². The zero-order valence-electron chi connectivity index (χ0n) is 17.4. The summed E-state index contributed by atoms with van der Waals surface area (Å²) in [5.41, 5.74) is 4.49.